The van der Waals surface area contributed by atoms with Crippen molar-refractivity contribution in [2.24, 2.45) is 0 Å². The molecule has 146 valence electrons. The third-order valence-electron chi connectivity index (χ3n) is 4.35. The van der Waals surface area contributed by atoms with Crippen molar-refractivity contribution < 1.29 is 36.2 Å². The molecule has 0 aromatic heterocycles. The number of ether oxygens (including phenoxy) is 1. The molecule has 2 atom stereocenters. The summed E-state index contributed by atoms with van der Waals surface area (Å²) in [4.78, 5) is 1.32. The monoisotopic (exact) mass is 391 g/mol. The van der Waals surface area contributed by atoms with E-state index in [9.17, 15) is 31.4 Å². The number of hydrogen-bond donors (Lipinski definition) is 1. The van der Waals surface area contributed by atoms with Crippen LogP contribution in [0.5, 0.6) is 5.75 Å². The van der Waals surface area contributed by atoms with Gasteiger partial charge in [-0.1, -0.05) is 12.1 Å². The molecule has 3 rings (SSSR count). The Morgan fingerprint density at radius 2 is 1.81 bits per heavy atom. The highest BCUT2D eigenvalue weighted by Gasteiger charge is 2.41. The second kappa shape index (κ2) is 6.95. The maximum Gasteiger partial charge on any atom is 0.416 e. The van der Waals surface area contributed by atoms with Gasteiger partial charge in [-0.15, -0.1) is 0 Å². The van der Waals surface area contributed by atoms with E-state index in [4.69, 9.17) is 4.74 Å². The Hall–Kier alpha value is -2.42. The predicted octanol–water partition coefficient (Wildman–Crippen LogP) is 4.28. The number of para-hydroxylation sites is 1. The smallest absolute Gasteiger partial charge is 0.416 e. The molecule has 0 aliphatic carbocycles. The van der Waals surface area contributed by atoms with E-state index >= 15 is 0 Å². The first kappa shape index (κ1) is 19.3. The van der Waals surface area contributed by atoms with Crippen LogP contribution in [-0.4, -0.2) is 36.6 Å². The highest BCUT2D eigenvalue weighted by atomic mass is 19.4. The van der Waals surface area contributed by atoms with Gasteiger partial charge < -0.3 is 14.7 Å². The van der Waals surface area contributed by atoms with Gasteiger partial charge in [-0.3, -0.25) is 0 Å². The van der Waals surface area contributed by atoms with Crippen LogP contribution in [0.2, 0.25) is 0 Å². The number of halogens is 6. The van der Waals surface area contributed by atoms with Crippen molar-refractivity contribution in [2.75, 3.05) is 18.1 Å². The molecule has 1 unspecified atom stereocenters. The molecule has 0 radical (unpaired) electrons. The van der Waals surface area contributed by atoms with Gasteiger partial charge in [0.1, 0.15) is 6.61 Å². The lowest BCUT2D eigenvalue weighted by Crippen LogP contribution is -2.48. The number of hydrogen-bond acceptors (Lipinski definition) is 3. The maximum absolute atomic E-state index is 13.6. The van der Waals surface area contributed by atoms with Crippen molar-refractivity contribution in [1.29, 1.82) is 0 Å². The third kappa shape index (κ3) is 3.69. The summed E-state index contributed by atoms with van der Waals surface area (Å²) in [5.74, 6) is -4.30. The topological polar surface area (TPSA) is 32.7 Å². The summed E-state index contributed by atoms with van der Waals surface area (Å²) in [6.07, 6.45) is -7.37. The first-order valence-electron chi connectivity index (χ1n) is 8.01. The molecule has 1 N–H and O–H groups in total. The molecule has 0 bridgehead atoms. The lowest BCUT2D eigenvalue weighted by Gasteiger charge is -2.39. The van der Waals surface area contributed by atoms with Crippen molar-refractivity contribution in [1.82, 2.24) is 0 Å². The summed E-state index contributed by atoms with van der Waals surface area (Å²) in [5, 5.41) is 9.42. The minimum Gasteiger partial charge on any atom is -0.489 e. The number of rotatable bonds is 3. The minimum atomic E-state index is -4.79. The second-order valence-electron chi connectivity index (χ2n) is 6.28. The molecule has 1 aliphatic heterocycles. The maximum atomic E-state index is 13.6. The van der Waals surface area contributed by atoms with Crippen LogP contribution < -0.4 is 9.64 Å². The summed E-state index contributed by atoms with van der Waals surface area (Å²) in [7, 11) is 0. The average molecular weight is 391 g/mol. The van der Waals surface area contributed by atoms with Gasteiger partial charge in [0.25, 0.3) is 0 Å². The van der Waals surface area contributed by atoms with Crippen LogP contribution in [-0.2, 0) is 0 Å². The van der Waals surface area contributed by atoms with E-state index in [1.165, 1.54) is 23.1 Å². The number of β-amino-alcohol motifs (C(OH)–C–C–N with tert-alkyl or cyclic N) is 1. The highest BCUT2D eigenvalue weighted by Crippen LogP contribution is 2.42. The van der Waals surface area contributed by atoms with E-state index in [0.29, 0.717) is 0 Å². The van der Waals surface area contributed by atoms with Crippen LogP contribution in [0.15, 0.2) is 30.3 Å². The van der Waals surface area contributed by atoms with Crippen molar-refractivity contribution in [3.63, 3.8) is 0 Å². The Morgan fingerprint density at radius 1 is 1.19 bits per heavy atom. The van der Waals surface area contributed by atoms with Gasteiger partial charge in [-0.2, -0.15) is 13.2 Å². The number of fused-ring (bicyclic) bond motifs is 1. The number of anilines is 1. The molecular weight excluding hydrogens is 376 g/mol. The first-order chi connectivity index (χ1) is 12.6. The zero-order valence-electron chi connectivity index (χ0n) is 14.0. The number of benzene rings is 2. The van der Waals surface area contributed by atoms with Gasteiger partial charge >= 0.3 is 6.18 Å². The van der Waals surface area contributed by atoms with Crippen molar-refractivity contribution in [3.8, 4) is 16.9 Å². The quantitative estimate of drug-likeness (QED) is 0.626. The number of alkyl halides is 3. The van der Waals surface area contributed by atoms with Crippen molar-refractivity contribution >= 4 is 5.69 Å². The van der Waals surface area contributed by atoms with E-state index in [0.717, 1.165) is 12.1 Å². The molecule has 3 nitrogen and oxygen atoms in total. The molecule has 2 aromatic carbocycles. The molecule has 0 saturated heterocycles. The van der Waals surface area contributed by atoms with Crippen LogP contribution in [0.4, 0.5) is 32.0 Å². The lowest BCUT2D eigenvalue weighted by molar-refractivity contribution is -0.200. The fraction of sp³-hybridized carbons (Fsp3) is 0.333. The van der Waals surface area contributed by atoms with Gasteiger partial charge in [0, 0.05) is 5.56 Å². The van der Waals surface area contributed by atoms with Gasteiger partial charge in [-0.25, -0.2) is 13.2 Å². The summed E-state index contributed by atoms with van der Waals surface area (Å²) in [6, 6.07) is 5.50. The Morgan fingerprint density at radius 3 is 2.41 bits per heavy atom. The van der Waals surface area contributed by atoms with Crippen LogP contribution in [0.1, 0.15) is 6.92 Å². The molecular formula is C18H15F6NO2. The molecule has 0 saturated carbocycles. The van der Waals surface area contributed by atoms with E-state index in [1.54, 1.807) is 6.92 Å². The van der Waals surface area contributed by atoms with Gasteiger partial charge in [0.05, 0.1) is 18.3 Å². The van der Waals surface area contributed by atoms with Crippen LogP contribution in [0.3, 0.4) is 0 Å². The summed E-state index contributed by atoms with van der Waals surface area (Å²) < 4.78 is 84.2. The Kier molecular flexibility index (Phi) is 4.98. The van der Waals surface area contributed by atoms with Gasteiger partial charge in [-0.05, 0) is 30.7 Å². The van der Waals surface area contributed by atoms with Crippen LogP contribution in [0.25, 0.3) is 11.1 Å². The first-order valence-corrected chi connectivity index (χ1v) is 8.01. The second-order valence-corrected chi connectivity index (χ2v) is 6.28. The molecule has 9 heteroatoms. The fourth-order valence-corrected chi connectivity index (χ4v) is 2.94. The van der Waals surface area contributed by atoms with E-state index in [2.05, 4.69) is 0 Å². The minimum absolute atomic E-state index is 0.000743. The largest absolute Gasteiger partial charge is 0.489 e. The van der Waals surface area contributed by atoms with Crippen molar-refractivity contribution in [2.45, 2.75) is 25.2 Å². The average Bonchev–Trinajstić information content (AvgIpc) is 2.60. The van der Waals surface area contributed by atoms with E-state index < -0.39 is 42.3 Å². The molecule has 1 heterocycles. The third-order valence-corrected chi connectivity index (χ3v) is 4.35. The van der Waals surface area contributed by atoms with E-state index in [-0.39, 0.29) is 29.2 Å². The summed E-state index contributed by atoms with van der Waals surface area (Å²) >= 11 is 0. The Balaban J connectivity index is 2.05. The molecule has 2 aromatic rings. The SMILES string of the molecule is CC1COc2c(-c3cc(F)c(F)c(F)c3)cccc2N1C[C@H](O)C(F)(F)F. The predicted molar refractivity (Wildman–Crippen MR) is 86.1 cm³/mol. The molecule has 0 spiro atoms. The van der Waals surface area contributed by atoms with Crippen LogP contribution in [0, 0.1) is 17.5 Å². The van der Waals surface area contributed by atoms with Gasteiger partial charge in [0.2, 0.25) is 0 Å². The zero-order valence-corrected chi connectivity index (χ0v) is 14.0. The summed E-state index contributed by atoms with van der Waals surface area (Å²) in [5.41, 5.74) is 0.414. The van der Waals surface area contributed by atoms with E-state index in [1.807, 2.05) is 0 Å². The molecule has 1 aliphatic rings. The number of nitrogens with zero attached hydrogens (tertiary/aromatic N) is 1. The van der Waals surface area contributed by atoms with Gasteiger partial charge in [0.15, 0.2) is 29.3 Å². The molecule has 27 heavy (non-hydrogen) atoms. The summed E-state index contributed by atoms with van der Waals surface area (Å²) in [6.45, 7) is 0.896. The lowest BCUT2D eigenvalue weighted by atomic mass is 10.0. The molecule has 0 amide bonds. The normalized spacial score (nSPS) is 18.1. The van der Waals surface area contributed by atoms with Crippen molar-refractivity contribution in [3.05, 3.63) is 47.8 Å². The fourth-order valence-electron chi connectivity index (χ4n) is 2.94. The number of aliphatic hydroxyl groups is 1. The molecule has 0 fully saturated rings. The standard InChI is InChI=1S/C18H15F6NO2/c1-9-8-27-17-11(10-5-12(19)16(21)13(20)6-10)3-2-4-14(17)25(9)7-15(26)18(22,23)24/h2-6,9,15,26H,7-8H2,1H3/t9?,15-/m0/s1. The number of aliphatic hydroxyl groups excluding tert-OH is 1. The Labute approximate surface area is 150 Å². The Bertz CT molecular complexity index is 831. The highest BCUT2D eigenvalue weighted by molar-refractivity contribution is 5.79. The van der Waals surface area contributed by atoms with Crippen LogP contribution >= 0.6 is 0 Å². The zero-order chi connectivity index (χ0) is 19.9.